The van der Waals surface area contributed by atoms with Crippen LogP contribution in [0.25, 0.3) is 0 Å². The van der Waals surface area contributed by atoms with E-state index in [1.807, 2.05) is 0 Å². The van der Waals surface area contributed by atoms with Crippen molar-refractivity contribution in [3.63, 3.8) is 0 Å². The second kappa shape index (κ2) is 5.95. The van der Waals surface area contributed by atoms with E-state index in [0.717, 1.165) is 0 Å². The number of hydrogen-bond donors (Lipinski definition) is 2. The Kier molecular flexibility index (Phi) is 4.59. The SMILES string of the molecule is Cc1cc(NCC(C)CC(=O)O)ncc1[N+](=O)[O-]. The number of carboxylic acid groups (broad SMARTS) is 1. The average Bonchev–Trinajstić information content (AvgIpc) is 2.25. The van der Waals surface area contributed by atoms with Gasteiger partial charge in [0.15, 0.2) is 0 Å². The van der Waals surface area contributed by atoms with Crippen LogP contribution in [-0.4, -0.2) is 27.5 Å². The molecule has 98 valence electrons. The largest absolute Gasteiger partial charge is 0.481 e. The lowest BCUT2D eigenvalue weighted by atomic mass is 10.1. The number of aromatic nitrogens is 1. The zero-order valence-electron chi connectivity index (χ0n) is 10.2. The number of nitrogens with one attached hydrogen (secondary N) is 1. The molecule has 1 heterocycles. The molecule has 18 heavy (non-hydrogen) atoms. The third-order valence-corrected chi connectivity index (χ3v) is 2.43. The first kappa shape index (κ1) is 13.9. The highest BCUT2D eigenvalue weighted by Gasteiger charge is 2.12. The maximum Gasteiger partial charge on any atom is 0.303 e. The second-order valence-electron chi connectivity index (χ2n) is 4.20. The number of rotatable bonds is 6. The minimum Gasteiger partial charge on any atom is -0.481 e. The molecule has 1 aromatic heterocycles. The number of aliphatic carboxylic acids is 1. The molecular formula is C11H15N3O4. The average molecular weight is 253 g/mol. The van der Waals surface area contributed by atoms with Crippen molar-refractivity contribution >= 4 is 17.5 Å². The van der Waals surface area contributed by atoms with Gasteiger partial charge in [0.1, 0.15) is 12.0 Å². The highest BCUT2D eigenvalue weighted by molar-refractivity contribution is 5.67. The maximum atomic E-state index is 10.6. The van der Waals surface area contributed by atoms with Crippen LogP contribution in [-0.2, 0) is 4.79 Å². The van der Waals surface area contributed by atoms with E-state index in [2.05, 4.69) is 10.3 Å². The Morgan fingerprint density at radius 3 is 2.83 bits per heavy atom. The summed E-state index contributed by atoms with van der Waals surface area (Å²) in [4.78, 5) is 24.5. The number of carboxylic acids is 1. The van der Waals surface area contributed by atoms with Crippen molar-refractivity contribution in [2.24, 2.45) is 5.92 Å². The lowest BCUT2D eigenvalue weighted by Crippen LogP contribution is -2.15. The molecule has 0 fully saturated rings. The van der Waals surface area contributed by atoms with Gasteiger partial charge in [0.2, 0.25) is 0 Å². The zero-order valence-corrected chi connectivity index (χ0v) is 10.2. The predicted octanol–water partition coefficient (Wildman–Crippen LogP) is 1.82. The lowest BCUT2D eigenvalue weighted by Gasteiger charge is -2.11. The monoisotopic (exact) mass is 253 g/mol. The molecule has 0 spiro atoms. The van der Waals surface area contributed by atoms with Gasteiger partial charge in [-0.15, -0.1) is 0 Å². The summed E-state index contributed by atoms with van der Waals surface area (Å²) in [5, 5.41) is 22.2. The Balaban J connectivity index is 2.61. The van der Waals surface area contributed by atoms with Crippen LogP contribution >= 0.6 is 0 Å². The van der Waals surface area contributed by atoms with Gasteiger partial charge in [0.25, 0.3) is 5.69 Å². The number of anilines is 1. The Morgan fingerprint density at radius 1 is 1.67 bits per heavy atom. The van der Waals surface area contributed by atoms with Crippen molar-refractivity contribution < 1.29 is 14.8 Å². The van der Waals surface area contributed by atoms with Gasteiger partial charge in [-0.2, -0.15) is 0 Å². The molecule has 0 aliphatic carbocycles. The molecule has 0 saturated carbocycles. The molecule has 0 aliphatic rings. The van der Waals surface area contributed by atoms with Crippen LogP contribution in [0.3, 0.4) is 0 Å². The van der Waals surface area contributed by atoms with E-state index in [9.17, 15) is 14.9 Å². The summed E-state index contributed by atoms with van der Waals surface area (Å²) in [5.41, 5.74) is 0.488. The molecule has 0 aromatic carbocycles. The molecule has 7 heteroatoms. The normalized spacial score (nSPS) is 11.9. The molecule has 0 bridgehead atoms. The fourth-order valence-electron chi connectivity index (χ4n) is 1.49. The number of aryl methyl sites for hydroxylation is 1. The van der Waals surface area contributed by atoms with E-state index < -0.39 is 10.9 Å². The van der Waals surface area contributed by atoms with E-state index >= 15 is 0 Å². The zero-order chi connectivity index (χ0) is 13.7. The number of pyridine rings is 1. The van der Waals surface area contributed by atoms with E-state index in [1.165, 1.54) is 6.20 Å². The van der Waals surface area contributed by atoms with E-state index in [1.54, 1.807) is 19.9 Å². The van der Waals surface area contributed by atoms with E-state index in [-0.39, 0.29) is 18.0 Å². The Morgan fingerprint density at radius 2 is 2.33 bits per heavy atom. The lowest BCUT2D eigenvalue weighted by molar-refractivity contribution is -0.385. The van der Waals surface area contributed by atoms with Crippen molar-refractivity contribution in [2.45, 2.75) is 20.3 Å². The van der Waals surface area contributed by atoms with E-state index in [4.69, 9.17) is 5.11 Å². The fourth-order valence-corrected chi connectivity index (χ4v) is 1.49. The molecule has 1 unspecified atom stereocenters. The van der Waals surface area contributed by atoms with Crippen LogP contribution in [0.4, 0.5) is 11.5 Å². The van der Waals surface area contributed by atoms with Crippen molar-refractivity contribution in [2.75, 3.05) is 11.9 Å². The molecule has 0 amide bonds. The molecule has 7 nitrogen and oxygen atoms in total. The van der Waals surface area contributed by atoms with Crippen molar-refractivity contribution in [1.29, 1.82) is 0 Å². The van der Waals surface area contributed by atoms with E-state index in [0.29, 0.717) is 17.9 Å². The van der Waals surface area contributed by atoms with Gasteiger partial charge < -0.3 is 10.4 Å². The minimum atomic E-state index is -0.850. The summed E-state index contributed by atoms with van der Waals surface area (Å²) in [6.07, 6.45) is 1.26. The highest BCUT2D eigenvalue weighted by Crippen LogP contribution is 2.19. The topological polar surface area (TPSA) is 105 Å². The summed E-state index contributed by atoms with van der Waals surface area (Å²) >= 11 is 0. The smallest absolute Gasteiger partial charge is 0.303 e. The summed E-state index contributed by atoms with van der Waals surface area (Å²) < 4.78 is 0. The predicted molar refractivity (Wildman–Crippen MR) is 65.5 cm³/mol. The summed E-state index contributed by atoms with van der Waals surface area (Å²) in [6.45, 7) is 3.89. The third-order valence-electron chi connectivity index (χ3n) is 2.43. The Labute approximate surface area is 104 Å². The molecule has 0 aliphatic heterocycles. The van der Waals surface area contributed by atoms with Crippen LogP contribution in [0.2, 0.25) is 0 Å². The van der Waals surface area contributed by atoms with Crippen molar-refractivity contribution in [3.05, 3.63) is 27.9 Å². The first-order valence-corrected chi connectivity index (χ1v) is 5.47. The van der Waals surface area contributed by atoms with Crippen LogP contribution in [0.1, 0.15) is 18.9 Å². The first-order valence-electron chi connectivity index (χ1n) is 5.47. The Bertz CT molecular complexity index is 462. The van der Waals surface area contributed by atoms with Gasteiger partial charge in [-0.05, 0) is 18.9 Å². The van der Waals surface area contributed by atoms with Crippen LogP contribution in [0, 0.1) is 23.0 Å². The van der Waals surface area contributed by atoms with Gasteiger partial charge in [-0.3, -0.25) is 14.9 Å². The molecule has 1 rings (SSSR count). The fraction of sp³-hybridized carbons (Fsp3) is 0.455. The number of nitro groups is 1. The molecule has 0 radical (unpaired) electrons. The van der Waals surface area contributed by atoms with Gasteiger partial charge in [0, 0.05) is 18.5 Å². The summed E-state index contributed by atoms with van der Waals surface area (Å²) in [7, 11) is 0. The van der Waals surface area contributed by atoms with Gasteiger partial charge in [0.05, 0.1) is 4.92 Å². The van der Waals surface area contributed by atoms with Crippen molar-refractivity contribution in [3.8, 4) is 0 Å². The van der Waals surface area contributed by atoms with Crippen LogP contribution < -0.4 is 5.32 Å². The van der Waals surface area contributed by atoms with Crippen LogP contribution in [0.5, 0.6) is 0 Å². The quantitative estimate of drug-likeness (QED) is 0.591. The molecule has 2 N–H and O–H groups in total. The number of nitrogens with zero attached hydrogens (tertiary/aromatic N) is 2. The highest BCUT2D eigenvalue weighted by atomic mass is 16.6. The summed E-state index contributed by atoms with van der Waals surface area (Å²) in [5.74, 6) is -0.382. The molecule has 1 atom stereocenters. The number of carbonyl (C=O) groups is 1. The minimum absolute atomic E-state index is 0.0286. The van der Waals surface area contributed by atoms with Crippen LogP contribution in [0.15, 0.2) is 12.3 Å². The van der Waals surface area contributed by atoms with Crippen molar-refractivity contribution in [1.82, 2.24) is 4.98 Å². The van der Waals surface area contributed by atoms with Gasteiger partial charge in [-0.1, -0.05) is 6.92 Å². The standard InChI is InChI=1S/C11H15N3O4/c1-7(3-11(15)16)5-12-10-4-8(2)9(6-13-10)14(17)18/h4,6-7H,3,5H2,1-2H3,(H,12,13)(H,15,16). The third kappa shape index (κ3) is 4.00. The Hall–Kier alpha value is -2.18. The molecular weight excluding hydrogens is 238 g/mol. The van der Waals surface area contributed by atoms with Gasteiger partial charge >= 0.3 is 5.97 Å². The summed E-state index contributed by atoms with van der Waals surface area (Å²) in [6, 6.07) is 1.58. The molecule has 1 aromatic rings. The second-order valence-corrected chi connectivity index (χ2v) is 4.20. The maximum absolute atomic E-state index is 10.6. The molecule has 0 saturated heterocycles. The first-order chi connectivity index (χ1) is 8.40. The van der Waals surface area contributed by atoms with Gasteiger partial charge in [-0.25, -0.2) is 4.98 Å². The number of hydrogen-bond acceptors (Lipinski definition) is 5.